The Morgan fingerprint density at radius 1 is 1.53 bits per heavy atom. The monoisotopic (exact) mass is 211 g/mol. The van der Waals surface area contributed by atoms with E-state index in [1.165, 1.54) is 15.8 Å². The van der Waals surface area contributed by atoms with E-state index < -0.39 is 12.0 Å². The third-order valence-corrected chi connectivity index (χ3v) is 2.28. The van der Waals surface area contributed by atoms with E-state index in [1.807, 2.05) is 0 Å². The summed E-state index contributed by atoms with van der Waals surface area (Å²) < 4.78 is 1.43. The Kier molecular flexibility index (Phi) is 2.03. The number of carbonyl (C=O) groups is 2. The standard InChI is InChI=1S/C7H9N5O3/c8-7(15)11-1-4(2-11)12-3-5(6(13)14)9-10-12/h3-4H,1-2H2,(H2,8,15)(H,13,14). The zero-order valence-electron chi connectivity index (χ0n) is 7.70. The first-order valence-corrected chi connectivity index (χ1v) is 4.27. The lowest BCUT2D eigenvalue weighted by Crippen LogP contribution is -2.52. The predicted molar refractivity (Wildman–Crippen MR) is 47.2 cm³/mol. The summed E-state index contributed by atoms with van der Waals surface area (Å²) >= 11 is 0. The van der Waals surface area contributed by atoms with Gasteiger partial charge in [0.1, 0.15) is 0 Å². The van der Waals surface area contributed by atoms with E-state index in [9.17, 15) is 9.59 Å². The first-order valence-electron chi connectivity index (χ1n) is 4.27. The molecule has 1 aromatic heterocycles. The predicted octanol–water partition coefficient (Wildman–Crippen LogP) is -1.09. The van der Waals surface area contributed by atoms with Gasteiger partial charge in [-0.2, -0.15) is 0 Å². The summed E-state index contributed by atoms with van der Waals surface area (Å²) in [6.45, 7) is 0.884. The van der Waals surface area contributed by atoms with Gasteiger partial charge in [0.2, 0.25) is 0 Å². The summed E-state index contributed by atoms with van der Waals surface area (Å²) in [5.41, 5.74) is 4.93. The molecule has 1 aliphatic heterocycles. The van der Waals surface area contributed by atoms with Crippen LogP contribution in [0.5, 0.6) is 0 Å². The molecule has 8 heteroatoms. The smallest absolute Gasteiger partial charge is 0.358 e. The lowest BCUT2D eigenvalue weighted by molar-refractivity contribution is 0.0690. The number of nitrogens with two attached hydrogens (primary N) is 1. The zero-order valence-corrected chi connectivity index (χ0v) is 7.70. The van der Waals surface area contributed by atoms with Gasteiger partial charge < -0.3 is 15.7 Å². The Hall–Kier alpha value is -2.12. The molecular weight excluding hydrogens is 202 g/mol. The molecule has 1 fully saturated rings. The summed E-state index contributed by atoms with van der Waals surface area (Å²) in [6.07, 6.45) is 1.34. The first kappa shape index (κ1) is 9.44. The van der Waals surface area contributed by atoms with Crippen molar-refractivity contribution < 1.29 is 14.7 Å². The van der Waals surface area contributed by atoms with Crippen LogP contribution in [0.15, 0.2) is 6.20 Å². The Morgan fingerprint density at radius 3 is 2.67 bits per heavy atom. The van der Waals surface area contributed by atoms with Crippen LogP contribution in [0.1, 0.15) is 16.5 Å². The average Bonchev–Trinajstić information content (AvgIpc) is 2.49. The molecule has 1 saturated heterocycles. The fourth-order valence-electron chi connectivity index (χ4n) is 1.36. The van der Waals surface area contributed by atoms with Gasteiger partial charge in [0.25, 0.3) is 0 Å². The van der Waals surface area contributed by atoms with E-state index in [2.05, 4.69) is 10.3 Å². The quantitative estimate of drug-likeness (QED) is 0.645. The minimum Gasteiger partial charge on any atom is -0.476 e. The molecule has 2 heterocycles. The Labute approximate surface area is 84.3 Å². The summed E-state index contributed by atoms with van der Waals surface area (Å²) in [5, 5.41) is 15.7. The molecule has 0 spiro atoms. The second-order valence-electron chi connectivity index (χ2n) is 3.29. The Balaban J connectivity index is 2.01. The van der Waals surface area contributed by atoms with Gasteiger partial charge in [-0.1, -0.05) is 5.21 Å². The molecule has 0 aliphatic carbocycles. The van der Waals surface area contributed by atoms with Crippen LogP contribution in [0.25, 0.3) is 0 Å². The van der Waals surface area contributed by atoms with Gasteiger partial charge in [-0.15, -0.1) is 5.10 Å². The van der Waals surface area contributed by atoms with E-state index >= 15 is 0 Å². The number of rotatable bonds is 2. The lowest BCUT2D eigenvalue weighted by Gasteiger charge is -2.37. The number of hydrogen-bond acceptors (Lipinski definition) is 4. The van der Waals surface area contributed by atoms with Gasteiger partial charge >= 0.3 is 12.0 Å². The van der Waals surface area contributed by atoms with Gasteiger partial charge in [-0.3, -0.25) is 0 Å². The molecule has 1 aliphatic rings. The van der Waals surface area contributed by atoms with Crippen molar-refractivity contribution in [2.75, 3.05) is 13.1 Å². The highest BCUT2D eigenvalue weighted by atomic mass is 16.4. The van der Waals surface area contributed by atoms with Gasteiger partial charge in [0.15, 0.2) is 5.69 Å². The third kappa shape index (κ3) is 1.60. The number of carbonyl (C=O) groups excluding carboxylic acids is 1. The Bertz CT molecular complexity index is 409. The highest BCUT2D eigenvalue weighted by Gasteiger charge is 2.31. The van der Waals surface area contributed by atoms with E-state index in [-0.39, 0.29) is 11.7 Å². The van der Waals surface area contributed by atoms with Gasteiger partial charge in [0.05, 0.1) is 12.2 Å². The zero-order chi connectivity index (χ0) is 11.0. The SMILES string of the molecule is NC(=O)N1CC(n2cc(C(=O)O)nn2)C1. The number of nitrogens with zero attached hydrogens (tertiary/aromatic N) is 4. The van der Waals surface area contributed by atoms with E-state index in [1.54, 1.807) is 0 Å². The summed E-state index contributed by atoms with van der Waals surface area (Å²) in [4.78, 5) is 22.6. The fourth-order valence-corrected chi connectivity index (χ4v) is 1.36. The number of carboxylic acids is 1. The number of carboxylic acid groups (broad SMARTS) is 1. The van der Waals surface area contributed by atoms with Crippen molar-refractivity contribution >= 4 is 12.0 Å². The topological polar surface area (TPSA) is 114 Å². The molecule has 0 unspecified atom stereocenters. The van der Waals surface area contributed by atoms with E-state index in [4.69, 9.17) is 10.8 Å². The normalized spacial score (nSPS) is 16.1. The van der Waals surface area contributed by atoms with Crippen molar-refractivity contribution in [2.45, 2.75) is 6.04 Å². The second kappa shape index (κ2) is 3.23. The fraction of sp³-hybridized carbons (Fsp3) is 0.429. The van der Waals surface area contributed by atoms with Crippen molar-refractivity contribution in [1.82, 2.24) is 19.9 Å². The Morgan fingerprint density at radius 2 is 2.20 bits per heavy atom. The molecule has 0 radical (unpaired) electrons. The minimum atomic E-state index is -1.12. The maximum atomic E-state index is 10.7. The maximum absolute atomic E-state index is 10.7. The van der Waals surface area contributed by atoms with Crippen molar-refractivity contribution in [3.8, 4) is 0 Å². The third-order valence-electron chi connectivity index (χ3n) is 2.28. The summed E-state index contributed by atoms with van der Waals surface area (Å²) in [5.74, 6) is -1.12. The van der Waals surface area contributed by atoms with Crippen LogP contribution in [0.2, 0.25) is 0 Å². The van der Waals surface area contributed by atoms with Crippen LogP contribution in [0, 0.1) is 0 Å². The average molecular weight is 211 g/mol. The number of aromatic nitrogens is 3. The van der Waals surface area contributed by atoms with E-state index in [0.717, 1.165) is 0 Å². The van der Waals surface area contributed by atoms with Crippen LogP contribution in [0.3, 0.4) is 0 Å². The maximum Gasteiger partial charge on any atom is 0.358 e. The van der Waals surface area contributed by atoms with Crippen LogP contribution in [0.4, 0.5) is 4.79 Å². The lowest BCUT2D eigenvalue weighted by atomic mass is 10.1. The first-order chi connectivity index (χ1) is 7.08. The molecule has 0 atom stereocenters. The van der Waals surface area contributed by atoms with Crippen molar-refractivity contribution in [3.05, 3.63) is 11.9 Å². The molecule has 1 aromatic rings. The molecule has 8 nitrogen and oxygen atoms in total. The molecule has 0 bridgehead atoms. The van der Waals surface area contributed by atoms with Crippen LogP contribution < -0.4 is 5.73 Å². The molecule has 0 saturated carbocycles. The van der Waals surface area contributed by atoms with Crippen LogP contribution in [-0.4, -0.2) is 50.1 Å². The van der Waals surface area contributed by atoms with Gasteiger partial charge in [-0.05, 0) is 0 Å². The molecule has 2 rings (SSSR count). The summed E-state index contributed by atoms with van der Waals surface area (Å²) in [6, 6.07) is -0.511. The molecular formula is C7H9N5O3. The van der Waals surface area contributed by atoms with Crippen LogP contribution in [-0.2, 0) is 0 Å². The summed E-state index contributed by atoms with van der Waals surface area (Å²) in [7, 11) is 0. The van der Waals surface area contributed by atoms with Gasteiger partial charge in [0, 0.05) is 13.1 Å². The van der Waals surface area contributed by atoms with Crippen molar-refractivity contribution in [1.29, 1.82) is 0 Å². The molecule has 15 heavy (non-hydrogen) atoms. The number of hydrogen-bond donors (Lipinski definition) is 2. The second-order valence-corrected chi connectivity index (χ2v) is 3.29. The molecule has 3 N–H and O–H groups in total. The number of primary amides is 1. The number of urea groups is 1. The van der Waals surface area contributed by atoms with Crippen molar-refractivity contribution in [2.24, 2.45) is 5.73 Å². The van der Waals surface area contributed by atoms with Crippen molar-refractivity contribution in [3.63, 3.8) is 0 Å². The number of amides is 2. The van der Waals surface area contributed by atoms with Crippen LogP contribution >= 0.6 is 0 Å². The highest BCUT2D eigenvalue weighted by molar-refractivity contribution is 5.84. The van der Waals surface area contributed by atoms with E-state index in [0.29, 0.717) is 13.1 Å². The minimum absolute atomic E-state index is 0.0295. The molecule has 2 amide bonds. The largest absolute Gasteiger partial charge is 0.476 e. The molecule has 80 valence electrons. The highest BCUT2D eigenvalue weighted by Crippen LogP contribution is 2.19. The number of aromatic carboxylic acids is 1. The number of likely N-dealkylation sites (tertiary alicyclic amines) is 1. The van der Waals surface area contributed by atoms with Gasteiger partial charge in [-0.25, -0.2) is 14.3 Å². The molecule has 0 aromatic carbocycles.